The highest BCUT2D eigenvalue weighted by molar-refractivity contribution is 6.11. The summed E-state index contributed by atoms with van der Waals surface area (Å²) in [5.41, 5.74) is 7.98. The van der Waals surface area contributed by atoms with Crippen LogP contribution in [0.4, 0.5) is 11.5 Å². The summed E-state index contributed by atoms with van der Waals surface area (Å²) in [6, 6.07) is 7.92. The van der Waals surface area contributed by atoms with Crippen molar-refractivity contribution in [3.8, 4) is 5.88 Å². The van der Waals surface area contributed by atoms with Gasteiger partial charge in [0.2, 0.25) is 5.88 Å². The number of ether oxygens (including phenoxy) is 1. The van der Waals surface area contributed by atoms with Crippen LogP contribution in [0.3, 0.4) is 0 Å². The number of fused-ring (bicyclic) bond motifs is 2. The van der Waals surface area contributed by atoms with Crippen molar-refractivity contribution in [3.05, 3.63) is 42.4 Å². The van der Waals surface area contributed by atoms with Gasteiger partial charge in [-0.05, 0) is 24.3 Å². The van der Waals surface area contributed by atoms with Gasteiger partial charge in [-0.15, -0.1) is 0 Å². The molecular formula is C16H15N5O2. The van der Waals surface area contributed by atoms with Gasteiger partial charge in [0.1, 0.15) is 24.3 Å². The van der Waals surface area contributed by atoms with E-state index in [9.17, 15) is 4.79 Å². The maximum absolute atomic E-state index is 12.9. The number of nitrogen functional groups attached to an aromatic ring is 1. The topological polar surface area (TPSA) is 86.3 Å². The van der Waals surface area contributed by atoms with Crippen LogP contribution >= 0.6 is 0 Å². The fourth-order valence-electron chi connectivity index (χ4n) is 2.85. The summed E-state index contributed by atoms with van der Waals surface area (Å²) in [5.74, 6) is 0.129. The summed E-state index contributed by atoms with van der Waals surface area (Å²) in [6.07, 6.45) is 3.29. The summed E-state index contributed by atoms with van der Waals surface area (Å²) in [6.45, 7) is 0.773. The Kier molecular flexibility index (Phi) is 2.94. The number of amides is 1. The number of carbonyl (C=O) groups excluding carboxylic acids is 1. The molecule has 0 atom stereocenters. The van der Waals surface area contributed by atoms with Crippen molar-refractivity contribution in [1.82, 2.24) is 14.5 Å². The third-order valence-corrected chi connectivity index (χ3v) is 4.03. The van der Waals surface area contributed by atoms with E-state index in [2.05, 4.69) is 9.97 Å². The molecule has 2 aromatic heterocycles. The molecule has 23 heavy (non-hydrogen) atoms. The average Bonchev–Trinajstić information content (AvgIpc) is 2.82. The van der Waals surface area contributed by atoms with E-state index in [0.29, 0.717) is 13.2 Å². The predicted octanol–water partition coefficient (Wildman–Crippen LogP) is 1.59. The van der Waals surface area contributed by atoms with Crippen LogP contribution in [0.15, 0.2) is 36.8 Å². The van der Waals surface area contributed by atoms with Gasteiger partial charge in [-0.2, -0.15) is 0 Å². The van der Waals surface area contributed by atoms with Gasteiger partial charge in [-0.1, -0.05) is 0 Å². The highest BCUT2D eigenvalue weighted by atomic mass is 16.5. The fourth-order valence-corrected chi connectivity index (χ4v) is 2.85. The second-order valence-electron chi connectivity index (χ2n) is 5.41. The van der Waals surface area contributed by atoms with E-state index in [0.717, 1.165) is 16.6 Å². The molecule has 3 heterocycles. The summed E-state index contributed by atoms with van der Waals surface area (Å²) in [7, 11) is 1.99. The lowest BCUT2D eigenvalue weighted by molar-refractivity contribution is 0.0990. The van der Waals surface area contributed by atoms with Gasteiger partial charge < -0.3 is 19.9 Å². The summed E-state index contributed by atoms with van der Waals surface area (Å²) >= 11 is 0. The second kappa shape index (κ2) is 4.98. The molecule has 3 aromatic rings. The summed E-state index contributed by atoms with van der Waals surface area (Å²) in [4.78, 5) is 22.4. The maximum Gasteiger partial charge on any atom is 0.267 e. The Morgan fingerprint density at radius 1 is 1.26 bits per heavy atom. The van der Waals surface area contributed by atoms with E-state index in [1.54, 1.807) is 4.90 Å². The number of carbonyl (C=O) groups is 1. The van der Waals surface area contributed by atoms with Crippen LogP contribution in [0.25, 0.3) is 10.9 Å². The quantitative estimate of drug-likeness (QED) is 0.737. The lowest BCUT2D eigenvalue weighted by atomic mass is 10.2. The normalized spacial score (nSPS) is 14.5. The zero-order valence-corrected chi connectivity index (χ0v) is 12.6. The molecule has 2 N–H and O–H groups in total. The van der Waals surface area contributed by atoms with E-state index >= 15 is 0 Å². The largest absolute Gasteiger partial charge is 0.475 e. The Morgan fingerprint density at radius 2 is 2.13 bits per heavy atom. The van der Waals surface area contributed by atoms with Crippen LogP contribution in [-0.2, 0) is 7.05 Å². The summed E-state index contributed by atoms with van der Waals surface area (Å²) < 4.78 is 7.58. The van der Waals surface area contributed by atoms with Gasteiger partial charge in [-0.3, -0.25) is 4.79 Å². The Balaban J connectivity index is 1.81. The van der Waals surface area contributed by atoms with Crippen LogP contribution in [0.1, 0.15) is 10.4 Å². The average molecular weight is 309 g/mol. The lowest BCUT2D eigenvalue weighted by Gasteiger charge is -2.20. The van der Waals surface area contributed by atoms with Crippen LogP contribution < -0.4 is 15.4 Å². The van der Waals surface area contributed by atoms with Crippen molar-refractivity contribution in [1.29, 1.82) is 0 Å². The molecule has 7 nitrogen and oxygen atoms in total. The second-order valence-corrected chi connectivity index (χ2v) is 5.41. The van der Waals surface area contributed by atoms with Crippen LogP contribution in [-0.4, -0.2) is 33.6 Å². The van der Waals surface area contributed by atoms with E-state index in [1.165, 1.54) is 6.33 Å². The first-order valence-corrected chi connectivity index (χ1v) is 7.25. The molecule has 4 rings (SSSR count). The first-order valence-electron chi connectivity index (χ1n) is 7.25. The third-order valence-electron chi connectivity index (χ3n) is 4.03. The standard InChI is InChI=1S/C16H15N5O2/c1-20-5-4-10-8-11(2-3-12(10)20)21-6-7-23-15-13(16(21)22)14(17)18-9-19-15/h2-5,8-9H,6-7H2,1H3,(H2,17,18,19). The molecule has 0 bridgehead atoms. The molecule has 1 amide bonds. The number of benzene rings is 1. The van der Waals surface area contributed by atoms with Crippen molar-refractivity contribution in [2.75, 3.05) is 23.8 Å². The molecule has 116 valence electrons. The molecule has 1 aliphatic heterocycles. The Labute approximate surface area is 132 Å². The molecule has 0 saturated carbocycles. The molecule has 7 heteroatoms. The minimum Gasteiger partial charge on any atom is -0.475 e. The van der Waals surface area contributed by atoms with Crippen molar-refractivity contribution < 1.29 is 9.53 Å². The monoisotopic (exact) mass is 309 g/mol. The van der Waals surface area contributed by atoms with Crippen LogP contribution in [0.5, 0.6) is 5.88 Å². The molecule has 0 fully saturated rings. The van der Waals surface area contributed by atoms with Crippen molar-refractivity contribution in [3.63, 3.8) is 0 Å². The SMILES string of the molecule is Cn1ccc2cc(N3CCOc4ncnc(N)c4C3=O)ccc21. The number of hydrogen-bond acceptors (Lipinski definition) is 5. The maximum atomic E-state index is 12.9. The molecule has 1 aliphatic rings. The van der Waals surface area contributed by atoms with Crippen LogP contribution in [0.2, 0.25) is 0 Å². The molecule has 0 saturated heterocycles. The number of aryl methyl sites for hydroxylation is 1. The smallest absolute Gasteiger partial charge is 0.267 e. The number of anilines is 2. The van der Waals surface area contributed by atoms with Gasteiger partial charge in [0.25, 0.3) is 5.91 Å². The van der Waals surface area contributed by atoms with Gasteiger partial charge in [0.15, 0.2) is 0 Å². The number of rotatable bonds is 1. The number of nitrogens with zero attached hydrogens (tertiary/aromatic N) is 4. The van der Waals surface area contributed by atoms with Crippen molar-refractivity contribution in [2.45, 2.75) is 0 Å². The molecular weight excluding hydrogens is 294 g/mol. The molecule has 1 aromatic carbocycles. The van der Waals surface area contributed by atoms with Crippen LogP contribution in [0, 0.1) is 0 Å². The zero-order chi connectivity index (χ0) is 16.0. The minimum absolute atomic E-state index is 0.132. The molecule has 0 radical (unpaired) electrons. The number of nitrogens with two attached hydrogens (primary N) is 1. The number of aromatic nitrogens is 3. The van der Waals surface area contributed by atoms with E-state index < -0.39 is 0 Å². The Bertz CT molecular complexity index is 918. The lowest BCUT2D eigenvalue weighted by Crippen LogP contribution is -2.32. The van der Waals surface area contributed by atoms with E-state index in [1.807, 2.05) is 42.1 Å². The van der Waals surface area contributed by atoms with Crippen molar-refractivity contribution >= 4 is 28.3 Å². The molecule has 0 aliphatic carbocycles. The molecule has 0 unspecified atom stereocenters. The van der Waals surface area contributed by atoms with Gasteiger partial charge in [-0.25, -0.2) is 9.97 Å². The molecule has 0 spiro atoms. The zero-order valence-electron chi connectivity index (χ0n) is 12.6. The predicted molar refractivity (Wildman–Crippen MR) is 86.5 cm³/mol. The first-order chi connectivity index (χ1) is 11.1. The first kappa shape index (κ1) is 13.6. The van der Waals surface area contributed by atoms with Gasteiger partial charge in [0.05, 0.1) is 6.54 Å². The Hall–Kier alpha value is -3.09. The highest BCUT2D eigenvalue weighted by Gasteiger charge is 2.28. The highest BCUT2D eigenvalue weighted by Crippen LogP contribution is 2.29. The van der Waals surface area contributed by atoms with Gasteiger partial charge in [0, 0.05) is 29.8 Å². The minimum atomic E-state index is -0.245. The third kappa shape index (κ3) is 2.09. The van der Waals surface area contributed by atoms with E-state index in [4.69, 9.17) is 10.5 Å². The van der Waals surface area contributed by atoms with E-state index in [-0.39, 0.29) is 23.2 Å². The fraction of sp³-hybridized carbons (Fsp3) is 0.188. The van der Waals surface area contributed by atoms with Crippen molar-refractivity contribution in [2.24, 2.45) is 7.05 Å². The number of hydrogen-bond donors (Lipinski definition) is 1. The summed E-state index contributed by atoms with van der Waals surface area (Å²) in [5, 5.41) is 1.07. The Morgan fingerprint density at radius 3 is 3.00 bits per heavy atom. The van der Waals surface area contributed by atoms with Gasteiger partial charge >= 0.3 is 0 Å².